The quantitative estimate of drug-likeness (QED) is 0.0415. The third-order valence-electron chi connectivity index (χ3n) is 11.5. The van der Waals surface area contributed by atoms with Gasteiger partial charge in [0.1, 0.15) is 21.7 Å². The molecule has 1 atom stereocenters. The average Bonchev–Trinajstić information content (AvgIpc) is 3.86. The summed E-state index contributed by atoms with van der Waals surface area (Å²) in [5, 5.41) is 5.58. The Hall–Kier alpha value is -5.87. The normalized spacial score (nSPS) is 16.8. The topological polar surface area (TPSA) is 243 Å². The zero-order valence-corrected chi connectivity index (χ0v) is 38.8. The maximum Gasteiger partial charge on any atom is 0.329 e. The zero-order valence-electron chi connectivity index (χ0n) is 37.2. The monoisotopic (exact) mass is 949 g/mol. The van der Waals surface area contributed by atoms with Crippen LogP contribution < -0.4 is 37.1 Å². The third-order valence-corrected chi connectivity index (χ3v) is 14.4. The van der Waals surface area contributed by atoms with E-state index in [0.29, 0.717) is 90.7 Å². The van der Waals surface area contributed by atoms with Crippen molar-refractivity contribution in [3.05, 3.63) is 79.9 Å². The number of ether oxygens (including phenoxy) is 5. The molecular formula is C45H55N7O12S2. The SMILES string of the molecule is COc1cc(-c2cn(C)c(=O)c3cc(C(N)=NC4CCS(=O)(=O)CC4)sc23)ccc1OCC(=O)NCCOCCOCCOCCCc1cccc2c1n(C)c(=O)n2C1CCC(=O)NC1=O. The van der Waals surface area contributed by atoms with Crippen molar-refractivity contribution in [2.24, 2.45) is 24.8 Å². The lowest BCUT2D eigenvalue weighted by Crippen LogP contribution is -2.44. The van der Waals surface area contributed by atoms with Crippen LogP contribution in [0.2, 0.25) is 0 Å². The number of carbonyl (C=O) groups is 3. The Morgan fingerprint density at radius 2 is 1.67 bits per heavy atom. The highest BCUT2D eigenvalue weighted by atomic mass is 32.2. The summed E-state index contributed by atoms with van der Waals surface area (Å²) in [5.41, 5.74) is 9.80. The molecule has 2 fully saturated rings. The van der Waals surface area contributed by atoms with Gasteiger partial charge in [0, 0.05) is 50.1 Å². The number of pyridine rings is 1. The molecule has 0 radical (unpaired) electrons. The molecule has 3 aromatic heterocycles. The molecular weight excluding hydrogens is 895 g/mol. The van der Waals surface area contributed by atoms with Crippen molar-refractivity contribution in [2.75, 3.05) is 71.4 Å². The summed E-state index contributed by atoms with van der Waals surface area (Å²) in [5.74, 6) is 0.0445. The van der Waals surface area contributed by atoms with Gasteiger partial charge in [-0.1, -0.05) is 18.2 Å². The molecule has 0 spiro atoms. The number of aliphatic imine (C=N–C) groups is 1. The van der Waals surface area contributed by atoms with Crippen LogP contribution in [-0.4, -0.2) is 123 Å². The smallest absolute Gasteiger partial charge is 0.329 e. The number of methoxy groups -OCH3 is 1. The number of hydrogen-bond donors (Lipinski definition) is 3. The number of aryl methyl sites for hydroxylation is 3. The third kappa shape index (κ3) is 11.4. The van der Waals surface area contributed by atoms with Crippen molar-refractivity contribution in [2.45, 2.75) is 50.6 Å². The molecule has 0 bridgehead atoms. The van der Waals surface area contributed by atoms with Crippen LogP contribution in [0.5, 0.6) is 11.5 Å². The number of amidine groups is 1. The van der Waals surface area contributed by atoms with E-state index in [9.17, 15) is 32.4 Å². The van der Waals surface area contributed by atoms with Crippen molar-refractivity contribution < 1.29 is 46.5 Å². The largest absolute Gasteiger partial charge is 0.493 e. The molecule has 2 saturated heterocycles. The van der Waals surface area contributed by atoms with E-state index in [0.717, 1.165) is 22.2 Å². The van der Waals surface area contributed by atoms with Crippen LogP contribution in [-0.2, 0) is 58.9 Å². The van der Waals surface area contributed by atoms with Crippen molar-refractivity contribution in [3.63, 3.8) is 0 Å². The molecule has 66 heavy (non-hydrogen) atoms. The first-order valence-corrected chi connectivity index (χ1v) is 24.4. The van der Waals surface area contributed by atoms with E-state index in [1.165, 1.54) is 27.6 Å². The van der Waals surface area contributed by atoms with E-state index in [1.807, 2.05) is 24.3 Å². The van der Waals surface area contributed by atoms with E-state index in [4.69, 9.17) is 29.4 Å². The minimum atomic E-state index is -3.04. The number of imidazole rings is 1. The van der Waals surface area contributed by atoms with Gasteiger partial charge < -0.3 is 39.3 Å². The van der Waals surface area contributed by atoms with Gasteiger partial charge in [0.15, 0.2) is 18.1 Å². The number of hydrogen-bond acceptors (Lipinski definition) is 14. The predicted octanol–water partition coefficient (Wildman–Crippen LogP) is 2.37. The Kier molecular flexibility index (Phi) is 15.7. The van der Waals surface area contributed by atoms with E-state index < -0.39 is 21.8 Å². The number of thiophene rings is 1. The number of benzene rings is 2. The fourth-order valence-electron chi connectivity index (χ4n) is 8.12. The Morgan fingerprint density at radius 3 is 2.39 bits per heavy atom. The summed E-state index contributed by atoms with van der Waals surface area (Å²) >= 11 is 1.34. The number of amides is 3. The second-order valence-electron chi connectivity index (χ2n) is 16.1. The Morgan fingerprint density at radius 1 is 0.939 bits per heavy atom. The Bertz CT molecular complexity index is 2850. The van der Waals surface area contributed by atoms with E-state index in [1.54, 1.807) is 43.1 Å². The first-order valence-electron chi connectivity index (χ1n) is 21.8. The Labute approximate surface area is 384 Å². The fourth-order valence-corrected chi connectivity index (χ4v) is 10.7. The van der Waals surface area contributed by atoms with Gasteiger partial charge in [-0.15, -0.1) is 11.3 Å². The number of imide groups is 1. The number of sulfone groups is 1. The standard InChI is InChI=1S/C45H55N7O12S2/c1-50-26-32(41-31(44(50)56)25-37(65-41)42(46)48-30-13-22-66(58,59)23-14-30)29-9-11-35(36(24-29)60-3)64-27-39(54)47-15-17-62-19-21-63-20-18-61-16-5-7-28-6-4-8-33-40(28)51(2)45(57)52(33)34-10-12-38(53)49-43(34)55/h4,6,8-9,11,24-26,30,34H,5,7,10,12-23,27H2,1-3H3,(H2,46,48)(H,47,54)(H,49,53,55). The number of nitrogens with two attached hydrogens (primary N) is 1. The van der Waals surface area contributed by atoms with Crippen LogP contribution in [0.1, 0.15) is 48.6 Å². The summed E-state index contributed by atoms with van der Waals surface area (Å²) in [4.78, 5) is 68.3. The van der Waals surface area contributed by atoms with Gasteiger partial charge in [-0.05, 0) is 67.5 Å². The van der Waals surface area contributed by atoms with Crippen molar-refractivity contribution in [1.82, 2.24) is 24.3 Å². The number of carbonyl (C=O) groups excluding carboxylic acids is 3. The van der Waals surface area contributed by atoms with Crippen LogP contribution in [0.15, 0.2) is 63.2 Å². The highest BCUT2D eigenvalue weighted by Crippen LogP contribution is 2.38. The highest BCUT2D eigenvalue weighted by Gasteiger charge is 2.32. The van der Waals surface area contributed by atoms with Gasteiger partial charge in [0.05, 0.1) is 79.0 Å². The number of nitrogens with zero attached hydrogens (tertiary/aromatic N) is 4. The maximum absolute atomic E-state index is 13.2. The molecule has 4 N–H and O–H groups in total. The van der Waals surface area contributed by atoms with Gasteiger partial charge in [0.25, 0.3) is 11.5 Å². The summed E-state index contributed by atoms with van der Waals surface area (Å²) in [7, 11) is 1.82. The van der Waals surface area contributed by atoms with Gasteiger partial charge in [0.2, 0.25) is 11.8 Å². The number of rotatable bonds is 21. The molecule has 2 aromatic carbocycles. The van der Waals surface area contributed by atoms with Crippen molar-refractivity contribution >= 4 is 65.9 Å². The summed E-state index contributed by atoms with van der Waals surface area (Å²) in [6.07, 6.45) is 4.41. The zero-order chi connectivity index (χ0) is 47.0. The van der Waals surface area contributed by atoms with E-state index in [2.05, 4.69) is 15.6 Å². The molecule has 5 aromatic rings. The van der Waals surface area contributed by atoms with Crippen LogP contribution >= 0.6 is 11.3 Å². The lowest BCUT2D eigenvalue weighted by molar-refractivity contribution is -0.135. The molecule has 19 nitrogen and oxygen atoms in total. The summed E-state index contributed by atoms with van der Waals surface area (Å²) in [6, 6.07) is 11.7. The van der Waals surface area contributed by atoms with Crippen molar-refractivity contribution in [1.29, 1.82) is 0 Å². The van der Waals surface area contributed by atoms with Gasteiger partial charge in [-0.25, -0.2) is 13.2 Å². The molecule has 0 saturated carbocycles. The fraction of sp³-hybridized carbons (Fsp3) is 0.467. The van der Waals surface area contributed by atoms with Gasteiger partial charge in [-0.3, -0.25) is 38.6 Å². The number of para-hydroxylation sites is 1. The molecule has 5 heterocycles. The Balaban J connectivity index is 0.786. The number of nitrogens with one attached hydrogen (secondary N) is 2. The molecule has 1 unspecified atom stereocenters. The lowest BCUT2D eigenvalue weighted by Gasteiger charge is -2.21. The second kappa shape index (κ2) is 21.6. The first-order chi connectivity index (χ1) is 31.7. The van der Waals surface area contributed by atoms with Crippen LogP contribution in [0.4, 0.5) is 0 Å². The number of piperidine rings is 1. The first kappa shape index (κ1) is 48.1. The van der Waals surface area contributed by atoms with E-state index >= 15 is 0 Å². The van der Waals surface area contributed by atoms with Crippen LogP contribution in [0, 0.1) is 0 Å². The van der Waals surface area contributed by atoms with Gasteiger partial charge in [-0.2, -0.15) is 0 Å². The van der Waals surface area contributed by atoms with Crippen LogP contribution in [0.3, 0.4) is 0 Å². The number of aromatic nitrogens is 3. The summed E-state index contributed by atoms with van der Waals surface area (Å²) < 4.78 is 57.3. The maximum atomic E-state index is 13.2. The molecule has 354 valence electrons. The lowest BCUT2D eigenvalue weighted by atomic mass is 10.0. The van der Waals surface area contributed by atoms with Crippen LogP contribution in [0.25, 0.3) is 32.2 Å². The molecule has 2 aliphatic rings. The number of fused-ring (bicyclic) bond motifs is 2. The summed E-state index contributed by atoms with van der Waals surface area (Å²) in [6.45, 7) is 2.26. The predicted molar refractivity (Wildman–Crippen MR) is 249 cm³/mol. The minimum absolute atomic E-state index is 0.0799. The molecule has 0 aliphatic carbocycles. The van der Waals surface area contributed by atoms with E-state index in [-0.39, 0.29) is 79.0 Å². The minimum Gasteiger partial charge on any atom is -0.493 e. The van der Waals surface area contributed by atoms with Gasteiger partial charge >= 0.3 is 5.69 Å². The average molecular weight is 950 g/mol. The molecule has 3 amide bonds. The molecule has 21 heteroatoms. The van der Waals surface area contributed by atoms with Crippen molar-refractivity contribution in [3.8, 4) is 22.6 Å². The molecule has 2 aliphatic heterocycles. The molecule has 7 rings (SSSR count). The highest BCUT2D eigenvalue weighted by molar-refractivity contribution is 7.91. The second-order valence-corrected chi connectivity index (χ2v) is 19.5.